The minimum Gasteiger partial charge on any atom is -0.493 e. The predicted octanol–water partition coefficient (Wildman–Crippen LogP) is 1.95. The summed E-state index contributed by atoms with van der Waals surface area (Å²) in [5, 5.41) is 2.84. The van der Waals surface area contributed by atoms with Crippen molar-refractivity contribution in [3.05, 3.63) is 24.3 Å². The largest absolute Gasteiger partial charge is 0.493 e. The summed E-state index contributed by atoms with van der Waals surface area (Å²) in [6.07, 6.45) is 2.47. The monoisotopic (exact) mass is 236 g/mol. The summed E-state index contributed by atoms with van der Waals surface area (Å²) in [5.41, 5.74) is 6.27. The zero-order valence-electron chi connectivity index (χ0n) is 10.2. The van der Waals surface area contributed by atoms with E-state index in [0.717, 1.165) is 19.4 Å². The minimum absolute atomic E-state index is 0.0300. The van der Waals surface area contributed by atoms with Gasteiger partial charge in [-0.25, -0.2) is 0 Å². The van der Waals surface area contributed by atoms with Gasteiger partial charge in [-0.3, -0.25) is 4.79 Å². The van der Waals surface area contributed by atoms with Gasteiger partial charge in [0.1, 0.15) is 5.75 Å². The minimum atomic E-state index is 0.0300. The highest BCUT2D eigenvalue weighted by Crippen LogP contribution is 2.14. The van der Waals surface area contributed by atoms with Crippen LogP contribution < -0.4 is 15.8 Å². The highest BCUT2D eigenvalue weighted by Gasteiger charge is 2.01. The molecular formula is C13H20N2O2. The molecule has 0 atom stereocenters. The zero-order valence-corrected chi connectivity index (χ0v) is 10.2. The summed E-state index contributed by atoms with van der Waals surface area (Å²) in [6, 6.07) is 7.19. The molecule has 0 aliphatic carbocycles. The Morgan fingerprint density at radius 3 is 3.00 bits per heavy atom. The SMILES string of the molecule is CCCCNC(=O)CCOc1cccc(N)c1. The number of amides is 1. The highest BCUT2D eigenvalue weighted by atomic mass is 16.5. The van der Waals surface area contributed by atoms with E-state index in [-0.39, 0.29) is 5.91 Å². The van der Waals surface area contributed by atoms with Crippen molar-refractivity contribution in [2.45, 2.75) is 26.2 Å². The standard InChI is InChI=1S/C13H20N2O2/c1-2-3-8-15-13(16)7-9-17-12-6-4-5-11(14)10-12/h4-6,10H,2-3,7-9,14H2,1H3,(H,15,16). The van der Waals surface area contributed by atoms with Crippen LogP contribution in [0.15, 0.2) is 24.3 Å². The van der Waals surface area contributed by atoms with Crippen LogP contribution in [0.4, 0.5) is 5.69 Å². The molecule has 0 saturated carbocycles. The predicted molar refractivity (Wildman–Crippen MR) is 68.9 cm³/mol. The second-order valence-corrected chi connectivity index (χ2v) is 3.87. The molecule has 0 heterocycles. The molecule has 0 aliphatic heterocycles. The van der Waals surface area contributed by atoms with Crippen LogP contribution >= 0.6 is 0 Å². The molecule has 17 heavy (non-hydrogen) atoms. The van der Waals surface area contributed by atoms with Crippen molar-refractivity contribution in [1.29, 1.82) is 0 Å². The van der Waals surface area contributed by atoms with Crippen LogP contribution in [-0.2, 0) is 4.79 Å². The fourth-order valence-electron chi connectivity index (χ4n) is 1.36. The maximum Gasteiger partial charge on any atom is 0.223 e. The van der Waals surface area contributed by atoms with E-state index >= 15 is 0 Å². The molecule has 1 aromatic carbocycles. The van der Waals surface area contributed by atoms with Crippen LogP contribution in [-0.4, -0.2) is 19.1 Å². The maximum absolute atomic E-state index is 11.4. The first kappa shape index (κ1) is 13.4. The van der Waals surface area contributed by atoms with Gasteiger partial charge in [0.05, 0.1) is 13.0 Å². The molecule has 0 aliphatic rings. The van der Waals surface area contributed by atoms with E-state index in [1.165, 1.54) is 0 Å². The summed E-state index contributed by atoms with van der Waals surface area (Å²) >= 11 is 0. The number of carbonyl (C=O) groups excluding carboxylic acids is 1. The van der Waals surface area contributed by atoms with Gasteiger partial charge in [-0.05, 0) is 18.6 Å². The molecule has 0 bridgehead atoms. The molecule has 3 N–H and O–H groups in total. The van der Waals surface area contributed by atoms with Crippen molar-refractivity contribution < 1.29 is 9.53 Å². The number of ether oxygens (including phenoxy) is 1. The van der Waals surface area contributed by atoms with Crippen molar-refractivity contribution in [2.75, 3.05) is 18.9 Å². The van der Waals surface area contributed by atoms with Gasteiger partial charge in [0.15, 0.2) is 0 Å². The smallest absolute Gasteiger partial charge is 0.223 e. The fraction of sp³-hybridized carbons (Fsp3) is 0.462. The molecule has 94 valence electrons. The van der Waals surface area contributed by atoms with Gasteiger partial charge < -0.3 is 15.8 Å². The summed E-state index contributed by atoms with van der Waals surface area (Å²) in [6.45, 7) is 3.21. The number of hydrogen-bond donors (Lipinski definition) is 2. The lowest BCUT2D eigenvalue weighted by molar-refractivity contribution is -0.121. The van der Waals surface area contributed by atoms with Crippen molar-refractivity contribution in [3.8, 4) is 5.75 Å². The van der Waals surface area contributed by atoms with E-state index in [0.29, 0.717) is 24.5 Å². The Morgan fingerprint density at radius 1 is 1.47 bits per heavy atom. The molecule has 4 heteroatoms. The number of nitrogens with two attached hydrogens (primary N) is 1. The number of benzene rings is 1. The summed E-state index contributed by atoms with van der Waals surface area (Å²) in [5.74, 6) is 0.730. The van der Waals surface area contributed by atoms with Crippen LogP contribution in [0.25, 0.3) is 0 Å². The topological polar surface area (TPSA) is 64.3 Å². The molecule has 1 amide bonds. The second kappa shape index (κ2) is 7.54. The van der Waals surface area contributed by atoms with Gasteiger partial charge >= 0.3 is 0 Å². The molecule has 0 aromatic heterocycles. The van der Waals surface area contributed by atoms with Gasteiger partial charge in [0.25, 0.3) is 0 Å². The van der Waals surface area contributed by atoms with Crippen molar-refractivity contribution in [2.24, 2.45) is 0 Å². The Kier molecular flexibility index (Phi) is 5.93. The van der Waals surface area contributed by atoms with Crippen molar-refractivity contribution in [3.63, 3.8) is 0 Å². The van der Waals surface area contributed by atoms with Gasteiger partial charge in [-0.1, -0.05) is 19.4 Å². The first-order chi connectivity index (χ1) is 8.22. The number of hydrogen-bond acceptors (Lipinski definition) is 3. The van der Waals surface area contributed by atoms with Crippen LogP contribution in [0, 0.1) is 0 Å². The molecule has 4 nitrogen and oxygen atoms in total. The van der Waals surface area contributed by atoms with Crippen LogP contribution in [0.3, 0.4) is 0 Å². The molecule has 0 spiro atoms. The molecular weight excluding hydrogens is 216 g/mol. The average molecular weight is 236 g/mol. The van der Waals surface area contributed by atoms with E-state index < -0.39 is 0 Å². The number of anilines is 1. The first-order valence-corrected chi connectivity index (χ1v) is 5.97. The fourth-order valence-corrected chi connectivity index (χ4v) is 1.36. The summed E-state index contributed by atoms with van der Waals surface area (Å²) < 4.78 is 5.42. The highest BCUT2D eigenvalue weighted by molar-refractivity contribution is 5.75. The molecule has 0 radical (unpaired) electrons. The Balaban J connectivity index is 2.17. The Morgan fingerprint density at radius 2 is 2.29 bits per heavy atom. The molecule has 0 fully saturated rings. The van der Waals surface area contributed by atoms with Crippen LogP contribution in [0.2, 0.25) is 0 Å². The third-order valence-corrected chi connectivity index (χ3v) is 2.31. The number of nitrogen functional groups attached to an aromatic ring is 1. The van der Waals surface area contributed by atoms with Gasteiger partial charge in [-0.2, -0.15) is 0 Å². The van der Waals surface area contributed by atoms with Crippen molar-refractivity contribution in [1.82, 2.24) is 5.32 Å². The zero-order chi connectivity index (χ0) is 12.5. The second-order valence-electron chi connectivity index (χ2n) is 3.87. The van der Waals surface area contributed by atoms with Gasteiger partial charge in [-0.15, -0.1) is 0 Å². The maximum atomic E-state index is 11.4. The number of nitrogens with one attached hydrogen (secondary N) is 1. The van der Waals surface area contributed by atoms with Crippen LogP contribution in [0.1, 0.15) is 26.2 Å². The quantitative estimate of drug-likeness (QED) is 0.562. The average Bonchev–Trinajstić information content (AvgIpc) is 2.29. The van der Waals surface area contributed by atoms with E-state index in [1.807, 2.05) is 12.1 Å². The Labute approximate surface area is 102 Å². The Hall–Kier alpha value is -1.71. The summed E-state index contributed by atoms with van der Waals surface area (Å²) in [4.78, 5) is 11.4. The lowest BCUT2D eigenvalue weighted by atomic mass is 10.3. The van der Waals surface area contributed by atoms with E-state index in [1.54, 1.807) is 12.1 Å². The molecule has 1 aromatic rings. The van der Waals surface area contributed by atoms with E-state index in [9.17, 15) is 4.79 Å². The molecule has 0 unspecified atom stereocenters. The first-order valence-electron chi connectivity index (χ1n) is 5.97. The number of rotatable bonds is 7. The van der Waals surface area contributed by atoms with E-state index in [4.69, 9.17) is 10.5 Å². The van der Waals surface area contributed by atoms with E-state index in [2.05, 4.69) is 12.2 Å². The Bertz CT molecular complexity index is 353. The van der Waals surface area contributed by atoms with Gasteiger partial charge in [0, 0.05) is 18.3 Å². The lowest BCUT2D eigenvalue weighted by Crippen LogP contribution is -2.25. The normalized spacial score (nSPS) is 9.94. The lowest BCUT2D eigenvalue weighted by Gasteiger charge is -2.07. The summed E-state index contributed by atoms with van der Waals surface area (Å²) in [7, 11) is 0. The number of unbranched alkanes of at least 4 members (excludes halogenated alkanes) is 1. The third-order valence-electron chi connectivity index (χ3n) is 2.31. The number of carbonyl (C=O) groups is 1. The molecule has 1 rings (SSSR count). The van der Waals surface area contributed by atoms with Crippen molar-refractivity contribution >= 4 is 11.6 Å². The van der Waals surface area contributed by atoms with Crippen LogP contribution in [0.5, 0.6) is 5.75 Å². The molecule has 0 saturated heterocycles. The third kappa shape index (κ3) is 5.80. The van der Waals surface area contributed by atoms with Gasteiger partial charge in [0.2, 0.25) is 5.91 Å².